The Morgan fingerprint density at radius 1 is 1.15 bits per heavy atom. The maximum atomic E-state index is 12.3. The van der Waals surface area contributed by atoms with Gasteiger partial charge in [0.15, 0.2) is 0 Å². The molecule has 3 N–H and O–H groups in total. The number of rotatable bonds is 4. The summed E-state index contributed by atoms with van der Waals surface area (Å²) in [4.78, 5) is 0.166. The fourth-order valence-electron chi connectivity index (χ4n) is 1.81. The van der Waals surface area contributed by atoms with Crippen LogP contribution in [0, 0.1) is 6.92 Å². The largest absolute Gasteiger partial charge is 0.496 e. The standard InChI is InChI=1S/C14H16N2O3S/c1-10-9-11(7-8-14(10)19-2)20(17,18)16-13-6-4-3-5-12(13)15/h3-9,16H,15H2,1-2H3. The molecule has 0 amide bonds. The van der Waals surface area contributed by atoms with Gasteiger partial charge in [-0.25, -0.2) is 8.42 Å². The van der Waals surface area contributed by atoms with E-state index in [2.05, 4.69) is 4.72 Å². The van der Waals surface area contributed by atoms with Gasteiger partial charge in [0.1, 0.15) is 5.75 Å². The average molecular weight is 292 g/mol. The van der Waals surface area contributed by atoms with Crippen molar-refractivity contribution in [3.63, 3.8) is 0 Å². The molecular formula is C14H16N2O3S. The molecule has 0 bridgehead atoms. The van der Waals surface area contributed by atoms with Gasteiger partial charge in [0.05, 0.1) is 23.4 Å². The zero-order chi connectivity index (χ0) is 14.8. The van der Waals surface area contributed by atoms with Crippen LogP contribution >= 0.6 is 0 Å². The Hall–Kier alpha value is -2.21. The van der Waals surface area contributed by atoms with Crippen molar-refractivity contribution in [2.24, 2.45) is 0 Å². The van der Waals surface area contributed by atoms with E-state index >= 15 is 0 Å². The van der Waals surface area contributed by atoms with E-state index < -0.39 is 10.0 Å². The lowest BCUT2D eigenvalue weighted by molar-refractivity contribution is 0.411. The van der Waals surface area contributed by atoms with Crippen molar-refractivity contribution < 1.29 is 13.2 Å². The number of para-hydroxylation sites is 2. The summed E-state index contributed by atoms with van der Waals surface area (Å²) in [6.45, 7) is 1.79. The molecular weight excluding hydrogens is 276 g/mol. The second-order valence-electron chi connectivity index (χ2n) is 4.32. The minimum absolute atomic E-state index is 0.166. The van der Waals surface area contributed by atoms with E-state index in [1.54, 1.807) is 50.4 Å². The Morgan fingerprint density at radius 2 is 1.85 bits per heavy atom. The minimum Gasteiger partial charge on any atom is -0.496 e. The molecule has 0 aliphatic heterocycles. The molecule has 2 rings (SSSR count). The lowest BCUT2D eigenvalue weighted by Gasteiger charge is -2.11. The van der Waals surface area contributed by atoms with E-state index in [1.165, 1.54) is 6.07 Å². The van der Waals surface area contributed by atoms with Crippen molar-refractivity contribution in [3.05, 3.63) is 48.0 Å². The van der Waals surface area contributed by atoms with Crippen molar-refractivity contribution in [3.8, 4) is 5.75 Å². The van der Waals surface area contributed by atoms with Crippen LogP contribution in [0.2, 0.25) is 0 Å². The quantitative estimate of drug-likeness (QED) is 0.848. The van der Waals surface area contributed by atoms with E-state index in [1.807, 2.05) is 0 Å². The van der Waals surface area contributed by atoms with Crippen molar-refractivity contribution in [1.82, 2.24) is 0 Å². The zero-order valence-electron chi connectivity index (χ0n) is 11.3. The van der Waals surface area contributed by atoms with Gasteiger partial charge in [-0.2, -0.15) is 0 Å². The zero-order valence-corrected chi connectivity index (χ0v) is 12.1. The number of anilines is 2. The average Bonchev–Trinajstić information content (AvgIpc) is 2.41. The normalized spacial score (nSPS) is 11.1. The molecule has 5 nitrogen and oxygen atoms in total. The third kappa shape index (κ3) is 2.85. The van der Waals surface area contributed by atoms with E-state index in [4.69, 9.17) is 10.5 Å². The number of nitrogens with one attached hydrogen (secondary N) is 1. The molecule has 0 unspecified atom stereocenters. The predicted octanol–water partition coefficient (Wildman–Crippen LogP) is 2.39. The van der Waals surface area contributed by atoms with Crippen molar-refractivity contribution in [2.75, 3.05) is 17.6 Å². The lowest BCUT2D eigenvalue weighted by atomic mass is 10.2. The van der Waals surface area contributed by atoms with Crippen LogP contribution in [0.4, 0.5) is 11.4 Å². The van der Waals surface area contributed by atoms with E-state index in [0.29, 0.717) is 17.1 Å². The van der Waals surface area contributed by atoms with Crippen LogP contribution in [-0.2, 0) is 10.0 Å². The second-order valence-corrected chi connectivity index (χ2v) is 6.01. The first kappa shape index (κ1) is 14.2. The lowest BCUT2D eigenvalue weighted by Crippen LogP contribution is -2.14. The number of hydrogen-bond donors (Lipinski definition) is 2. The highest BCUT2D eigenvalue weighted by Gasteiger charge is 2.16. The Bertz CT molecular complexity index is 727. The third-order valence-electron chi connectivity index (χ3n) is 2.88. The maximum absolute atomic E-state index is 12.3. The summed E-state index contributed by atoms with van der Waals surface area (Å²) in [5.74, 6) is 0.642. The van der Waals surface area contributed by atoms with Gasteiger partial charge in [0.25, 0.3) is 10.0 Å². The first-order valence-electron chi connectivity index (χ1n) is 5.96. The van der Waals surface area contributed by atoms with Crippen LogP contribution < -0.4 is 15.2 Å². The highest BCUT2D eigenvalue weighted by atomic mass is 32.2. The molecule has 2 aromatic carbocycles. The molecule has 0 aliphatic rings. The maximum Gasteiger partial charge on any atom is 0.261 e. The molecule has 0 saturated carbocycles. The molecule has 0 spiro atoms. The third-order valence-corrected chi connectivity index (χ3v) is 4.24. The summed E-state index contributed by atoms with van der Waals surface area (Å²) in [5.41, 5.74) is 7.22. The predicted molar refractivity (Wildman–Crippen MR) is 79.4 cm³/mol. The van der Waals surface area contributed by atoms with Gasteiger partial charge in [-0.1, -0.05) is 12.1 Å². The summed E-state index contributed by atoms with van der Waals surface area (Å²) in [6, 6.07) is 11.4. The summed E-state index contributed by atoms with van der Waals surface area (Å²) >= 11 is 0. The van der Waals surface area contributed by atoms with E-state index in [9.17, 15) is 8.42 Å². The molecule has 2 aromatic rings. The van der Waals surface area contributed by atoms with Gasteiger partial charge in [-0.3, -0.25) is 4.72 Å². The number of sulfonamides is 1. The number of benzene rings is 2. The Kier molecular flexibility index (Phi) is 3.85. The number of hydrogen-bond acceptors (Lipinski definition) is 4. The number of nitrogen functional groups attached to an aromatic ring is 1. The second kappa shape index (κ2) is 5.42. The smallest absolute Gasteiger partial charge is 0.261 e. The van der Waals surface area contributed by atoms with Crippen LogP contribution in [0.15, 0.2) is 47.4 Å². The molecule has 106 valence electrons. The number of aryl methyl sites for hydroxylation is 1. The van der Waals surface area contributed by atoms with Gasteiger partial charge >= 0.3 is 0 Å². The minimum atomic E-state index is -3.67. The highest BCUT2D eigenvalue weighted by Crippen LogP contribution is 2.25. The van der Waals surface area contributed by atoms with Crippen molar-refractivity contribution >= 4 is 21.4 Å². The summed E-state index contributed by atoms with van der Waals surface area (Å²) < 4.78 is 32.2. The van der Waals surface area contributed by atoms with Gasteiger partial charge < -0.3 is 10.5 Å². The SMILES string of the molecule is COc1ccc(S(=O)(=O)Nc2ccccc2N)cc1C. The summed E-state index contributed by atoms with van der Waals surface area (Å²) in [7, 11) is -2.13. The van der Waals surface area contributed by atoms with Crippen LogP contribution in [0.1, 0.15) is 5.56 Å². The summed E-state index contributed by atoms with van der Waals surface area (Å²) in [6.07, 6.45) is 0. The molecule has 20 heavy (non-hydrogen) atoms. The van der Waals surface area contributed by atoms with Gasteiger partial charge in [0, 0.05) is 0 Å². The topological polar surface area (TPSA) is 81.4 Å². The van der Waals surface area contributed by atoms with Crippen LogP contribution in [0.5, 0.6) is 5.75 Å². The number of methoxy groups -OCH3 is 1. The molecule has 0 fully saturated rings. The van der Waals surface area contributed by atoms with Gasteiger partial charge in [-0.15, -0.1) is 0 Å². The Labute approximate surface area is 118 Å². The van der Waals surface area contributed by atoms with Crippen LogP contribution in [0.3, 0.4) is 0 Å². The molecule has 0 heterocycles. The molecule has 6 heteroatoms. The monoisotopic (exact) mass is 292 g/mol. The molecule has 0 atom stereocenters. The van der Waals surface area contributed by atoms with Gasteiger partial charge in [-0.05, 0) is 42.8 Å². The first-order valence-corrected chi connectivity index (χ1v) is 7.44. The summed E-state index contributed by atoms with van der Waals surface area (Å²) in [5, 5.41) is 0. The van der Waals surface area contributed by atoms with Crippen LogP contribution in [0.25, 0.3) is 0 Å². The van der Waals surface area contributed by atoms with E-state index in [-0.39, 0.29) is 4.90 Å². The van der Waals surface area contributed by atoms with Gasteiger partial charge in [0.2, 0.25) is 0 Å². The van der Waals surface area contributed by atoms with E-state index in [0.717, 1.165) is 5.56 Å². The van der Waals surface area contributed by atoms with Crippen molar-refractivity contribution in [1.29, 1.82) is 0 Å². The Balaban J connectivity index is 2.36. The van der Waals surface area contributed by atoms with Crippen molar-refractivity contribution in [2.45, 2.75) is 11.8 Å². The highest BCUT2D eigenvalue weighted by molar-refractivity contribution is 7.92. The first-order chi connectivity index (χ1) is 9.44. The fourth-order valence-corrected chi connectivity index (χ4v) is 2.98. The van der Waals surface area contributed by atoms with Crippen LogP contribution in [-0.4, -0.2) is 15.5 Å². The Morgan fingerprint density at radius 3 is 2.45 bits per heavy atom. The molecule has 0 aliphatic carbocycles. The number of ether oxygens (including phenoxy) is 1. The molecule has 0 saturated heterocycles. The molecule has 0 aromatic heterocycles. The molecule has 0 radical (unpaired) electrons. The fraction of sp³-hybridized carbons (Fsp3) is 0.143. The number of nitrogens with two attached hydrogens (primary N) is 1.